The molecule has 6 heteroatoms. The summed E-state index contributed by atoms with van der Waals surface area (Å²) in [5.74, 6) is 0.911. The number of imidazole rings is 1. The van der Waals surface area contributed by atoms with Crippen LogP contribution in [0.5, 0.6) is 0 Å². The van der Waals surface area contributed by atoms with Crippen LogP contribution in [0.2, 0.25) is 0 Å². The summed E-state index contributed by atoms with van der Waals surface area (Å²) in [5, 5.41) is 5.84. The first-order valence-electron chi connectivity index (χ1n) is 7.93. The van der Waals surface area contributed by atoms with Gasteiger partial charge in [0.05, 0.1) is 21.7 Å². The highest BCUT2D eigenvalue weighted by Gasteiger charge is 2.06. The minimum Gasteiger partial charge on any atom is -0.352 e. The minimum atomic E-state index is -0.0899. The molecule has 0 bridgehead atoms. The van der Waals surface area contributed by atoms with Crippen LogP contribution < -0.4 is 5.32 Å². The van der Waals surface area contributed by atoms with Crippen LogP contribution in [0, 0.1) is 13.8 Å². The summed E-state index contributed by atoms with van der Waals surface area (Å²) >= 11 is 1.58. The molecule has 0 unspecified atom stereocenters. The molecule has 3 rings (SSSR count). The molecule has 0 saturated heterocycles. The molecule has 0 spiro atoms. The Morgan fingerprint density at radius 3 is 2.92 bits per heavy atom. The highest BCUT2D eigenvalue weighted by Crippen LogP contribution is 2.15. The Hall–Kier alpha value is -2.47. The number of benzene rings is 1. The van der Waals surface area contributed by atoms with E-state index in [1.54, 1.807) is 17.4 Å². The lowest BCUT2D eigenvalue weighted by Gasteiger charge is -2.07. The van der Waals surface area contributed by atoms with E-state index in [0.29, 0.717) is 6.54 Å². The fourth-order valence-corrected chi connectivity index (χ4v) is 3.18. The van der Waals surface area contributed by atoms with Crippen LogP contribution in [0.25, 0.3) is 17.1 Å². The van der Waals surface area contributed by atoms with Gasteiger partial charge in [-0.2, -0.15) is 0 Å². The lowest BCUT2D eigenvalue weighted by Crippen LogP contribution is -2.23. The number of amides is 1. The molecule has 5 nitrogen and oxygen atoms in total. The van der Waals surface area contributed by atoms with Crippen LogP contribution in [0.1, 0.15) is 22.9 Å². The Balaban J connectivity index is 1.49. The van der Waals surface area contributed by atoms with E-state index in [2.05, 4.69) is 25.9 Å². The Labute approximate surface area is 145 Å². The summed E-state index contributed by atoms with van der Waals surface area (Å²) in [5.41, 5.74) is 2.98. The molecule has 124 valence electrons. The van der Waals surface area contributed by atoms with E-state index in [9.17, 15) is 4.79 Å². The van der Waals surface area contributed by atoms with Crippen LogP contribution in [0.3, 0.4) is 0 Å². The molecule has 1 aromatic carbocycles. The molecule has 0 aliphatic carbocycles. The van der Waals surface area contributed by atoms with Gasteiger partial charge in [-0.3, -0.25) is 4.79 Å². The summed E-state index contributed by atoms with van der Waals surface area (Å²) in [6, 6.07) is 8.11. The number of rotatable bonds is 6. The molecular weight excluding hydrogens is 320 g/mol. The van der Waals surface area contributed by atoms with Gasteiger partial charge in [-0.1, -0.05) is 12.1 Å². The maximum atomic E-state index is 11.8. The highest BCUT2D eigenvalue weighted by atomic mass is 32.1. The Bertz CT molecular complexity index is 878. The summed E-state index contributed by atoms with van der Waals surface area (Å²) in [6.45, 7) is 5.42. The van der Waals surface area contributed by atoms with Crippen molar-refractivity contribution in [3.63, 3.8) is 0 Å². The monoisotopic (exact) mass is 340 g/mol. The predicted octanol–water partition coefficient (Wildman–Crippen LogP) is 3.33. The Kier molecular flexibility index (Phi) is 5.05. The third kappa shape index (κ3) is 3.89. The molecule has 2 heterocycles. The van der Waals surface area contributed by atoms with E-state index in [0.717, 1.165) is 40.5 Å². The molecule has 0 fully saturated rings. The van der Waals surface area contributed by atoms with E-state index < -0.39 is 0 Å². The molecule has 3 aromatic rings. The van der Waals surface area contributed by atoms with Gasteiger partial charge in [0.15, 0.2) is 0 Å². The number of para-hydroxylation sites is 2. The van der Waals surface area contributed by atoms with E-state index in [1.165, 1.54) is 6.08 Å². The van der Waals surface area contributed by atoms with Gasteiger partial charge in [-0.05, 0) is 38.5 Å². The van der Waals surface area contributed by atoms with Crippen molar-refractivity contribution < 1.29 is 4.79 Å². The van der Waals surface area contributed by atoms with Gasteiger partial charge in [0, 0.05) is 24.5 Å². The SMILES string of the molecule is Cc1nc(/C=C/C(=O)NCCCn2c(C)nc3ccccc32)cs1. The van der Waals surface area contributed by atoms with Crippen molar-refractivity contribution in [3.8, 4) is 0 Å². The average molecular weight is 340 g/mol. The summed E-state index contributed by atoms with van der Waals surface area (Å²) < 4.78 is 2.19. The highest BCUT2D eigenvalue weighted by molar-refractivity contribution is 7.09. The van der Waals surface area contributed by atoms with Crippen LogP contribution in [-0.2, 0) is 11.3 Å². The third-order valence-corrected chi connectivity index (χ3v) is 4.54. The zero-order valence-electron chi connectivity index (χ0n) is 13.8. The van der Waals surface area contributed by atoms with Crippen LogP contribution in [0.4, 0.5) is 0 Å². The molecule has 0 aliphatic rings. The average Bonchev–Trinajstić information content (AvgIpc) is 3.12. The number of nitrogens with one attached hydrogen (secondary N) is 1. The Morgan fingerprint density at radius 1 is 1.29 bits per heavy atom. The Morgan fingerprint density at radius 2 is 2.12 bits per heavy atom. The zero-order valence-corrected chi connectivity index (χ0v) is 14.6. The summed E-state index contributed by atoms with van der Waals surface area (Å²) in [6.07, 6.45) is 4.13. The van der Waals surface area contributed by atoms with Crippen LogP contribution >= 0.6 is 11.3 Å². The van der Waals surface area contributed by atoms with Crippen molar-refractivity contribution in [1.82, 2.24) is 19.9 Å². The fourth-order valence-electron chi connectivity index (χ4n) is 2.60. The predicted molar refractivity (Wildman–Crippen MR) is 98.0 cm³/mol. The molecule has 0 atom stereocenters. The number of fused-ring (bicyclic) bond motifs is 1. The van der Waals surface area contributed by atoms with Gasteiger partial charge in [-0.15, -0.1) is 11.3 Å². The van der Waals surface area contributed by atoms with Gasteiger partial charge in [0.25, 0.3) is 0 Å². The number of thiazole rings is 1. The van der Waals surface area contributed by atoms with Gasteiger partial charge in [0.2, 0.25) is 5.91 Å². The molecule has 0 radical (unpaired) electrons. The number of aromatic nitrogens is 3. The van der Waals surface area contributed by atoms with Crippen molar-refractivity contribution in [2.75, 3.05) is 6.54 Å². The molecule has 0 aliphatic heterocycles. The standard InChI is InChI=1S/C18H20N4OS/c1-13-20-16-6-3-4-7-17(16)22(13)11-5-10-19-18(23)9-8-15-12-24-14(2)21-15/h3-4,6-9,12H,5,10-11H2,1-2H3,(H,19,23)/b9-8+. The topological polar surface area (TPSA) is 59.8 Å². The summed E-state index contributed by atoms with van der Waals surface area (Å²) in [4.78, 5) is 20.7. The van der Waals surface area contributed by atoms with Crippen molar-refractivity contribution >= 4 is 34.4 Å². The second kappa shape index (κ2) is 7.40. The summed E-state index contributed by atoms with van der Waals surface area (Å²) in [7, 11) is 0. The molecule has 24 heavy (non-hydrogen) atoms. The fraction of sp³-hybridized carbons (Fsp3) is 0.278. The first kappa shape index (κ1) is 16.4. The number of carbonyl (C=O) groups is 1. The first-order valence-corrected chi connectivity index (χ1v) is 8.81. The molecule has 2 aromatic heterocycles. The second-order valence-corrected chi connectivity index (χ2v) is 6.63. The number of carbonyl (C=O) groups excluding carboxylic acids is 1. The lowest BCUT2D eigenvalue weighted by atomic mass is 10.3. The van der Waals surface area contributed by atoms with E-state index in [1.807, 2.05) is 37.4 Å². The van der Waals surface area contributed by atoms with Crippen molar-refractivity contribution in [3.05, 3.63) is 52.2 Å². The van der Waals surface area contributed by atoms with Gasteiger partial charge in [0.1, 0.15) is 5.82 Å². The van der Waals surface area contributed by atoms with Crippen LogP contribution in [0.15, 0.2) is 35.7 Å². The zero-order chi connectivity index (χ0) is 16.9. The number of hydrogen-bond donors (Lipinski definition) is 1. The number of aryl methyl sites for hydroxylation is 3. The smallest absolute Gasteiger partial charge is 0.244 e. The van der Waals surface area contributed by atoms with Gasteiger partial charge < -0.3 is 9.88 Å². The number of hydrogen-bond acceptors (Lipinski definition) is 4. The molecule has 0 saturated carbocycles. The second-order valence-electron chi connectivity index (χ2n) is 5.57. The number of nitrogens with zero attached hydrogens (tertiary/aromatic N) is 3. The normalized spacial score (nSPS) is 11.4. The van der Waals surface area contributed by atoms with Crippen LogP contribution in [-0.4, -0.2) is 27.0 Å². The quantitative estimate of drug-likeness (QED) is 0.553. The van der Waals surface area contributed by atoms with Crippen molar-refractivity contribution in [2.24, 2.45) is 0 Å². The van der Waals surface area contributed by atoms with E-state index in [-0.39, 0.29) is 5.91 Å². The molecule has 1 amide bonds. The third-order valence-electron chi connectivity index (χ3n) is 3.75. The van der Waals surface area contributed by atoms with Crippen molar-refractivity contribution in [2.45, 2.75) is 26.8 Å². The van der Waals surface area contributed by atoms with Gasteiger partial charge in [-0.25, -0.2) is 9.97 Å². The van der Waals surface area contributed by atoms with Crippen molar-refractivity contribution in [1.29, 1.82) is 0 Å². The van der Waals surface area contributed by atoms with E-state index >= 15 is 0 Å². The maximum Gasteiger partial charge on any atom is 0.244 e. The largest absolute Gasteiger partial charge is 0.352 e. The lowest BCUT2D eigenvalue weighted by molar-refractivity contribution is -0.116. The van der Waals surface area contributed by atoms with Gasteiger partial charge >= 0.3 is 0 Å². The first-order chi connectivity index (χ1) is 11.6. The molecule has 1 N–H and O–H groups in total. The van der Waals surface area contributed by atoms with E-state index in [4.69, 9.17) is 0 Å². The minimum absolute atomic E-state index is 0.0899. The molecular formula is C18H20N4OS. The maximum absolute atomic E-state index is 11.8.